The van der Waals surface area contributed by atoms with E-state index in [-0.39, 0.29) is 36.3 Å². The van der Waals surface area contributed by atoms with Gasteiger partial charge >= 0.3 is 11.9 Å². The lowest BCUT2D eigenvalue weighted by Gasteiger charge is -2.23. The van der Waals surface area contributed by atoms with Crippen molar-refractivity contribution in [2.45, 2.75) is 201 Å². The van der Waals surface area contributed by atoms with Gasteiger partial charge in [-0.3, -0.25) is 14.4 Å². The number of ether oxygens (including phenoxy) is 4. The Morgan fingerprint density at radius 2 is 1.14 bits per heavy atom. The molecule has 0 bridgehead atoms. The molecule has 10 heteroatoms. The van der Waals surface area contributed by atoms with E-state index in [1.165, 1.54) is 50.3 Å². The van der Waals surface area contributed by atoms with Gasteiger partial charge in [0, 0.05) is 51.4 Å². The molecule has 0 heterocycles. The molecule has 0 saturated heterocycles. The van der Waals surface area contributed by atoms with Crippen LogP contribution in [0.3, 0.4) is 0 Å². The van der Waals surface area contributed by atoms with Crippen molar-refractivity contribution in [3.8, 4) is 0 Å². The number of rotatable bonds is 41. The van der Waals surface area contributed by atoms with Crippen molar-refractivity contribution in [3.05, 3.63) is 24.3 Å². The Labute approximate surface area is 355 Å². The molecule has 0 aromatic carbocycles. The van der Waals surface area contributed by atoms with Crippen LogP contribution in [0.4, 0.5) is 4.79 Å². The van der Waals surface area contributed by atoms with Crippen LogP contribution in [0, 0.1) is 0 Å². The molecule has 0 aromatic rings. The number of amides is 1. The van der Waals surface area contributed by atoms with Crippen molar-refractivity contribution in [3.63, 3.8) is 0 Å². The van der Waals surface area contributed by atoms with Crippen LogP contribution in [-0.4, -0.2) is 98.7 Å². The van der Waals surface area contributed by atoms with Gasteiger partial charge in [0.25, 0.3) is 5.24 Å². The molecule has 0 N–H and O–H groups in total. The molecule has 0 aromatic heterocycles. The summed E-state index contributed by atoms with van der Waals surface area (Å²) in [5.41, 5.74) is 0. The third-order valence-corrected chi connectivity index (χ3v) is 10.6. The normalized spacial score (nSPS) is 11.9. The number of esters is 2. The first-order valence-corrected chi connectivity index (χ1v) is 24.2. The molecule has 0 radical (unpaired) electrons. The zero-order valence-electron chi connectivity index (χ0n) is 37.8. The van der Waals surface area contributed by atoms with Crippen molar-refractivity contribution in [2.24, 2.45) is 0 Å². The summed E-state index contributed by atoms with van der Waals surface area (Å²) in [6, 6.07) is 0. The van der Waals surface area contributed by atoms with Crippen LogP contribution in [-0.2, 0) is 28.5 Å². The summed E-state index contributed by atoms with van der Waals surface area (Å²) in [4.78, 5) is 42.6. The maximum absolute atomic E-state index is 13.2. The van der Waals surface area contributed by atoms with Crippen molar-refractivity contribution in [1.82, 2.24) is 9.80 Å². The summed E-state index contributed by atoms with van der Waals surface area (Å²) in [5, 5.41) is 0.0523. The van der Waals surface area contributed by atoms with Gasteiger partial charge in [0.15, 0.2) is 6.29 Å². The summed E-state index contributed by atoms with van der Waals surface area (Å²) in [7, 11) is 4.01. The Kier molecular flexibility index (Phi) is 40.9. The van der Waals surface area contributed by atoms with Gasteiger partial charge in [-0.15, -0.1) is 0 Å². The Bertz CT molecular complexity index is 957. The van der Waals surface area contributed by atoms with Gasteiger partial charge < -0.3 is 28.7 Å². The summed E-state index contributed by atoms with van der Waals surface area (Å²) >= 11 is 1.34. The number of unbranched alkanes of at least 4 members (excludes halogenated alkanes) is 12. The summed E-state index contributed by atoms with van der Waals surface area (Å²) < 4.78 is 23.7. The average molecular weight is 825 g/mol. The average Bonchev–Trinajstić information content (AvgIpc) is 3.19. The maximum atomic E-state index is 13.2. The van der Waals surface area contributed by atoms with Crippen LogP contribution in [0.15, 0.2) is 24.3 Å². The molecule has 334 valence electrons. The third kappa shape index (κ3) is 38.1. The molecule has 0 rings (SSSR count). The smallest absolute Gasteiger partial charge is 0.306 e. The Morgan fingerprint density at radius 3 is 1.70 bits per heavy atom. The number of hydrogen-bond donors (Lipinski definition) is 0. The van der Waals surface area contributed by atoms with Crippen molar-refractivity contribution >= 4 is 28.9 Å². The van der Waals surface area contributed by atoms with E-state index in [1.807, 2.05) is 19.0 Å². The van der Waals surface area contributed by atoms with Crippen LogP contribution in [0.1, 0.15) is 188 Å². The first-order chi connectivity index (χ1) is 27.8. The highest BCUT2D eigenvalue weighted by molar-refractivity contribution is 8.13. The van der Waals surface area contributed by atoms with Gasteiger partial charge in [-0.05, 0) is 110 Å². The molecule has 0 aliphatic carbocycles. The van der Waals surface area contributed by atoms with Crippen molar-refractivity contribution in [2.75, 3.05) is 59.3 Å². The Morgan fingerprint density at radius 1 is 0.561 bits per heavy atom. The topological polar surface area (TPSA) is 94.6 Å². The molecule has 1 amide bonds. The molecular formula is C47H88N2O7S. The first-order valence-electron chi connectivity index (χ1n) is 23.2. The predicted octanol–water partition coefficient (Wildman–Crippen LogP) is 12.5. The molecular weight excluding hydrogens is 737 g/mol. The van der Waals surface area contributed by atoms with Gasteiger partial charge in [0.2, 0.25) is 0 Å². The zero-order chi connectivity index (χ0) is 42.0. The third-order valence-electron chi connectivity index (χ3n) is 9.75. The predicted molar refractivity (Wildman–Crippen MR) is 241 cm³/mol. The molecule has 57 heavy (non-hydrogen) atoms. The largest absolute Gasteiger partial charge is 0.466 e. The maximum Gasteiger partial charge on any atom is 0.306 e. The van der Waals surface area contributed by atoms with Crippen LogP contribution in [0.5, 0.6) is 0 Å². The highest BCUT2D eigenvalue weighted by Gasteiger charge is 2.17. The number of carbonyl (C=O) groups is 3. The van der Waals surface area contributed by atoms with Gasteiger partial charge in [-0.25, -0.2) is 0 Å². The van der Waals surface area contributed by atoms with Crippen molar-refractivity contribution < 1.29 is 33.3 Å². The standard InChI is InChI=1S/C47H88N2O7S/c1-7-11-15-19-21-28-39-54-46(55-40-29-22-20-16-12-8-2)35-34-44(50)53-41-30-37-49(47(52)57-42-38-48(5)6)36-27-23-26-33-45(51)56-43(31-24-17-13-9-3)32-25-18-14-10-4/h11-12,15-16,43,46H,7-10,13-14,17-42H2,1-6H3/b15-11-,16-12-. The summed E-state index contributed by atoms with van der Waals surface area (Å²) in [6.07, 6.45) is 32.3. The number of allylic oxidation sites excluding steroid dienone is 4. The molecule has 0 aliphatic heterocycles. The molecule has 9 nitrogen and oxygen atoms in total. The van der Waals surface area contributed by atoms with E-state index in [2.05, 4.69) is 56.9 Å². The van der Waals surface area contributed by atoms with E-state index in [1.54, 1.807) is 0 Å². The molecule has 0 fully saturated rings. The molecule has 0 atom stereocenters. The van der Waals surface area contributed by atoms with Gasteiger partial charge in [-0.1, -0.05) is 109 Å². The lowest BCUT2D eigenvalue weighted by atomic mass is 10.0. The van der Waals surface area contributed by atoms with E-state index in [0.717, 1.165) is 109 Å². The molecule has 0 unspecified atom stereocenters. The lowest BCUT2D eigenvalue weighted by molar-refractivity contribution is -0.159. The minimum absolute atomic E-state index is 0.0385. The van der Waals surface area contributed by atoms with Crippen LogP contribution in [0.2, 0.25) is 0 Å². The second-order valence-corrected chi connectivity index (χ2v) is 16.6. The van der Waals surface area contributed by atoms with E-state index in [9.17, 15) is 14.4 Å². The highest BCUT2D eigenvalue weighted by atomic mass is 32.2. The number of nitrogens with zero attached hydrogens (tertiary/aromatic N) is 2. The quantitative estimate of drug-likeness (QED) is 0.0258. The fraction of sp³-hybridized carbons (Fsp3) is 0.851. The molecule has 0 aliphatic rings. The van der Waals surface area contributed by atoms with Crippen LogP contribution >= 0.6 is 11.8 Å². The van der Waals surface area contributed by atoms with E-state index in [0.29, 0.717) is 45.6 Å². The zero-order valence-corrected chi connectivity index (χ0v) is 38.6. The Balaban J connectivity index is 4.82. The van der Waals surface area contributed by atoms with Crippen LogP contribution < -0.4 is 0 Å². The second-order valence-electron chi connectivity index (χ2n) is 15.6. The van der Waals surface area contributed by atoms with E-state index in [4.69, 9.17) is 18.9 Å². The number of carbonyl (C=O) groups excluding carboxylic acids is 3. The SMILES string of the molecule is CC/C=C\CCCCOC(CCC(=O)OCCCN(CCCCCC(=O)OC(CCCCCC)CCCCCC)C(=O)SCCN(C)C)OCCCC/C=C\CC. The monoisotopic (exact) mass is 825 g/mol. The minimum atomic E-state index is -0.420. The summed E-state index contributed by atoms with van der Waals surface area (Å²) in [5.74, 6) is 0.365. The van der Waals surface area contributed by atoms with Crippen molar-refractivity contribution in [1.29, 1.82) is 0 Å². The summed E-state index contributed by atoms with van der Waals surface area (Å²) in [6.45, 7) is 12.2. The fourth-order valence-electron chi connectivity index (χ4n) is 6.25. The minimum Gasteiger partial charge on any atom is -0.466 e. The molecule has 0 spiro atoms. The number of thioether (sulfide) groups is 1. The van der Waals surface area contributed by atoms with E-state index < -0.39 is 6.29 Å². The highest BCUT2D eigenvalue weighted by Crippen LogP contribution is 2.18. The van der Waals surface area contributed by atoms with Gasteiger partial charge in [0.05, 0.1) is 13.0 Å². The van der Waals surface area contributed by atoms with Gasteiger partial charge in [-0.2, -0.15) is 0 Å². The fourth-order valence-corrected chi connectivity index (χ4v) is 7.24. The second kappa shape index (κ2) is 42.3. The first kappa shape index (κ1) is 55.1. The Hall–Kier alpha value is -1.88. The van der Waals surface area contributed by atoms with E-state index >= 15 is 0 Å². The number of hydrogen-bond acceptors (Lipinski definition) is 9. The van der Waals surface area contributed by atoms with Gasteiger partial charge in [0.1, 0.15) is 6.10 Å². The lowest BCUT2D eigenvalue weighted by Crippen LogP contribution is -2.31. The van der Waals surface area contributed by atoms with Crippen LogP contribution in [0.25, 0.3) is 0 Å². The molecule has 0 saturated carbocycles.